The molecule has 0 unspecified atom stereocenters. The molecule has 2 aromatic heterocycles. The Morgan fingerprint density at radius 2 is 2.08 bits per heavy atom. The molecule has 9 heteroatoms. The fourth-order valence-electron chi connectivity index (χ4n) is 2.37. The minimum atomic E-state index is -0.157. The summed E-state index contributed by atoms with van der Waals surface area (Å²) in [4.78, 5) is 23.9. The normalized spacial score (nSPS) is 10.8. The summed E-state index contributed by atoms with van der Waals surface area (Å²) in [6, 6.07) is 5.20. The lowest BCUT2D eigenvalue weighted by molar-refractivity contribution is -0.113. The third-order valence-electron chi connectivity index (χ3n) is 3.69. The van der Waals surface area contributed by atoms with Crippen LogP contribution in [0.4, 0.5) is 5.69 Å². The van der Waals surface area contributed by atoms with Crippen LogP contribution in [0.1, 0.15) is 5.56 Å². The molecule has 3 rings (SSSR count). The predicted molar refractivity (Wildman–Crippen MR) is 103 cm³/mol. The summed E-state index contributed by atoms with van der Waals surface area (Å²) < 4.78 is 10.4. The molecule has 0 fully saturated rings. The molecule has 2 heterocycles. The second kappa shape index (κ2) is 7.84. The Hall–Kier alpha value is -2.45. The van der Waals surface area contributed by atoms with Gasteiger partial charge in [0.15, 0.2) is 16.7 Å². The molecule has 0 saturated heterocycles. The molecule has 1 aromatic carbocycles. The quantitative estimate of drug-likeness (QED) is 0.491. The Morgan fingerprint density at radius 3 is 2.81 bits per heavy atom. The first-order valence-corrected chi connectivity index (χ1v) is 9.03. The summed E-state index contributed by atoms with van der Waals surface area (Å²) in [6.07, 6.45) is 1.63. The number of benzene rings is 1. The summed E-state index contributed by atoms with van der Waals surface area (Å²) >= 11 is 7.31. The molecule has 3 aromatic rings. The van der Waals surface area contributed by atoms with Crippen molar-refractivity contribution in [1.29, 1.82) is 0 Å². The van der Waals surface area contributed by atoms with Crippen LogP contribution in [0.2, 0.25) is 5.15 Å². The minimum absolute atomic E-state index is 0.157. The number of amides is 1. The van der Waals surface area contributed by atoms with Crippen LogP contribution in [0.15, 0.2) is 29.6 Å². The van der Waals surface area contributed by atoms with E-state index in [0.717, 1.165) is 16.6 Å². The number of pyridine rings is 1. The fraction of sp³-hybridized carbons (Fsp3) is 0.235. The van der Waals surface area contributed by atoms with Gasteiger partial charge in [-0.2, -0.15) is 0 Å². The third-order valence-corrected chi connectivity index (χ3v) is 4.94. The van der Waals surface area contributed by atoms with Gasteiger partial charge in [0, 0.05) is 17.3 Å². The number of ether oxygens (including phenoxy) is 2. The molecular weight excluding hydrogens is 376 g/mol. The summed E-state index contributed by atoms with van der Waals surface area (Å²) in [6.45, 7) is 1.86. The summed E-state index contributed by atoms with van der Waals surface area (Å²) in [5, 5.41) is 3.88. The van der Waals surface area contributed by atoms with Crippen molar-refractivity contribution in [2.75, 3.05) is 25.3 Å². The number of nitrogens with zero attached hydrogens (tertiary/aromatic N) is 2. The highest BCUT2D eigenvalue weighted by molar-refractivity contribution is 7.99. The van der Waals surface area contributed by atoms with E-state index in [1.54, 1.807) is 38.6 Å². The van der Waals surface area contributed by atoms with Crippen LogP contribution in [0.25, 0.3) is 11.0 Å². The van der Waals surface area contributed by atoms with Crippen molar-refractivity contribution in [3.63, 3.8) is 0 Å². The minimum Gasteiger partial charge on any atom is -0.493 e. The summed E-state index contributed by atoms with van der Waals surface area (Å²) in [5.74, 6) is 1.20. The highest BCUT2D eigenvalue weighted by Gasteiger charge is 2.12. The van der Waals surface area contributed by atoms with E-state index in [1.807, 2.05) is 6.92 Å². The second-order valence-corrected chi connectivity index (χ2v) is 6.71. The molecule has 0 aliphatic carbocycles. The zero-order chi connectivity index (χ0) is 18.7. The maximum absolute atomic E-state index is 12.2. The zero-order valence-electron chi connectivity index (χ0n) is 14.4. The first kappa shape index (κ1) is 18.3. The van der Waals surface area contributed by atoms with E-state index in [0.29, 0.717) is 27.5 Å². The van der Waals surface area contributed by atoms with Crippen molar-refractivity contribution < 1.29 is 14.3 Å². The number of hydrogen-bond acceptors (Lipinski definition) is 6. The van der Waals surface area contributed by atoms with Gasteiger partial charge in [-0.3, -0.25) is 4.79 Å². The number of aromatic amines is 1. The summed E-state index contributed by atoms with van der Waals surface area (Å²) in [5.41, 5.74) is 2.98. The highest BCUT2D eigenvalue weighted by Crippen LogP contribution is 2.30. The van der Waals surface area contributed by atoms with Crippen molar-refractivity contribution in [2.24, 2.45) is 0 Å². The molecule has 0 saturated carbocycles. The maximum Gasteiger partial charge on any atom is 0.234 e. The number of carbonyl (C=O) groups excluding carboxylic acids is 1. The van der Waals surface area contributed by atoms with Crippen LogP contribution in [-0.4, -0.2) is 40.8 Å². The molecule has 0 aliphatic rings. The third kappa shape index (κ3) is 3.86. The van der Waals surface area contributed by atoms with Crippen molar-refractivity contribution in [1.82, 2.24) is 15.0 Å². The van der Waals surface area contributed by atoms with Gasteiger partial charge in [-0.25, -0.2) is 9.97 Å². The van der Waals surface area contributed by atoms with Gasteiger partial charge in [-0.15, -0.1) is 0 Å². The van der Waals surface area contributed by atoms with E-state index in [-0.39, 0.29) is 11.7 Å². The first-order valence-electron chi connectivity index (χ1n) is 7.67. The number of H-pyrrole nitrogens is 1. The van der Waals surface area contributed by atoms with Crippen LogP contribution in [0.3, 0.4) is 0 Å². The van der Waals surface area contributed by atoms with Gasteiger partial charge in [0.1, 0.15) is 5.15 Å². The second-order valence-electron chi connectivity index (χ2n) is 5.38. The molecule has 1 amide bonds. The maximum atomic E-state index is 12.2. The van der Waals surface area contributed by atoms with E-state index in [4.69, 9.17) is 21.1 Å². The van der Waals surface area contributed by atoms with E-state index < -0.39 is 0 Å². The Bertz CT molecular complexity index is 961. The smallest absolute Gasteiger partial charge is 0.234 e. The van der Waals surface area contributed by atoms with E-state index in [1.165, 1.54) is 11.8 Å². The summed E-state index contributed by atoms with van der Waals surface area (Å²) in [7, 11) is 3.11. The van der Waals surface area contributed by atoms with E-state index in [2.05, 4.69) is 20.3 Å². The Kier molecular flexibility index (Phi) is 5.53. The number of nitrogens with one attached hydrogen (secondary N) is 2. The number of methoxy groups -OCH3 is 2. The van der Waals surface area contributed by atoms with Gasteiger partial charge in [0.2, 0.25) is 5.91 Å². The van der Waals surface area contributed by atoms with E-state index >= 15 is 0 Å². The van der Waals surface area contributed by atoms with Gasteiger partial charge < -0.3 is 19.8 Å². The lowest BCUT2D eigenvalue weighted by Gasteiger charge is -2.10. The topological polar surface area (TPSA) is 89.1 Å². The first-order chi connectivity index (χ1) is 12.5. The number of halogens is 1. The standard InChI is InChI=1S/C17H17ClN4O3S/c1-9-15-11(7-19-16(9)18)21-17(22-15)26-8-14(23)20-10-4-5-12(24-2)13(6-10)25-3/h4-7H,8H2,1-3H3,(H,20,23)(H,21,22). The molecular formula is C17H17ClN4O3S. The van der Waals surface area contributed by atoms with Crippen LogP contribution < -0.4 is 14.8 Å². The van der Waals surface area contributed by atoms with Gasteiger partial charge in [-0.05, 0) is 19.1 Å². The Morgan fingerprint density at radius 1 is 1.31 bits per heavy atom. The number of aryl methyl sites for hydroxylation is 1. The van der Waals surface area contributed by atoms with Gasteiger partial charge in [-0.1, -0.05) is 23.4 Å². The molecule has 0 aliphatic heterocycles. The van der Waals surface area contributed by atoms with E-state index in [9.17, 15) is 4.79 Å². The largest absolute Gasteiger partial charge is 0.493 e. The SMILES string of the molecule is COc1ccc(NC(=O)CSc2nc3c(C)c(Cl)ncc3[nH]2)cc1OC. The molecule has 0 bridgehead atoms. The molecule has 2 N–H and O–H groups in total. The average Bonchev–Trinajstić information content (AvgIpc) is 3.07. The molecule has 7 nitrogen and oxygen atoms in total. The Balaban J connectivity index is 1.65. The molecule has 26 heavy (non-hydrogen) atoms. The van der Waals surface area contributed by atoms with Gasteiger partial charge in [0.25, 0.3) is 0 Å². The number of hydrogen-bond donors (Lipinski definition) is 2. The zero-order valence-corrected chi connectivity index (χ0v) is 16.0. The number of thioether (sulfide) groups is 1. The van der Waals surface area contributed by atoms with Crippen LogP contribution in [-0.2, 0) is 4.79 Å². The number of aromatic nitrogens is 3. The fourth-order valence-corrected chi connectivity index (χ4v) is 3.19. The number of anilines is 1. The van der Waals surface area contributed by atoms with Crippen molar-refractivity contribution >= 4 is 46.0 Å². The molecule has 0 atom stereocenters. The van der Waals surface area contributed by atoms with Crippen LogP contribution >= 0.6 is 23.4 Å². The number of fused-ring (bicyclic) bond motifs is 1. The number of rotatable bonds is 6. The monoisotopic (exact) mass is 392 g/mol. The molecule has 136 valence electrons. The lowest BCUT2D eigenvalue weighted by Crippen LogP contribution is -2.14. The molecule has 0 radical (unpaired) electrons. The number of carbonyl (C=O) groups is 1. The predicted octanol–water partition coefficient (Wildman–Crippen LogP) is 3.67. The van der Waals surface area contributed by atoms with Crippen molar-refractivity contribution in [3.8, 4) is 11.5 Å². The number of imidazole rings is 1. The highest BCUT2D eigenvalue weighted by atomic mass is 35.5. The molecule has 0 spiro atoms. The average molecular weight is 393 g/mol. The van der Waals surface area contributed by atoms with Crippen molar-refractivity contribution in [3.05, 3.63) is 35.1 Å². The van der Waals surface area contributed by atoms with Gasteiger partial charge >= 0.3 is 0 Å². The van der Waals surface area contributed by atoms with Crippen LogP contribution in [0.5, 0.6) is 11.5 Å². The van der Waals surface area contributed by atoms with Crippen molar-refractivity contribution in [2.45, 2.75) is 12.1 Å². The van der Waals surface area contributed by atoms with Gasteiger partial charge in [0.05, 0.1) is 37.2 Å². The Labute approximate surface area is 159 Å². The van der Waals surface area contributed by atoms with Crippen LogP contribution in [0, 0.1) is 6.92 Å². The lowest BCUT2D eigenvalue weighted by atomic mass is 10.2.